The van der Waals surface area contributed by atoms with Crippen LogP contribution in [0.1, 0.15) is 42.4 Å². The van der Waals surface area contributed by atoms with E-state index in [0.717, 1.165) is 13.1 Å². The van der Waals surface area contributed by atoms with Crippen molar-refractivity contribution < 1.29 is 9.53 Å². The van der Waals surface area contributed by atoms with Gasteiger partial charge in [-0.1, -0.05) is 6.42 Å². The Kier molecular flexibility index (Phi) is 4.19. The van der Waals surface area contributed by atoms with Crippen LogP contribution in [0.3, 0.4) is 0 Å². The molecule has 6 heteroatoms. The number of aromatic nitrogens is 2. The first-order valence-corrected chi connectivity index (χ1v) is 6.41. The number of imidazole rings is 1. The molecule has 1 aliphatic rings. The molecule has 1 saturated heterocycles. The summed E-state index contributed by atoms with van der Waals surface area (Å²) in [5, 5.41) is 0. The van der Waals surface area contributed by atoms with Crippen molar-refractivity contribution in [2.75, 3.05) is 19.7 Å². The summed E-state index contributed by atoms with van der Waals surface area (Å²) >= 11 is 0. The molecule has 0 atom stereocenters. The molecule has 1 aromatic heterocycles. The Morgan fingerprint density at radius 3 is 2.67 bits per heavy atom. The van der Waals surface area contributed by atoms with E-state index >= 15 is 0 Å². The number of hydrogen-bond donors (Lipinski definition) is 2. The van der Waals surface area contributed by atoms with E-state index in [-0.39, 0.29) is 11.4 Å². The summed E-state index contributed by atoms with van der Waals surface area (Å²) in [4.78, 5) is 30.4. The van der Waals surface area contributed by atoms with E-state index in [2.05, 4.69) is 14.9 Å². The number of likely N-dealkylation sites (tertiary alicyclic amines) is 1. The first kappa shape index (κ1) is 12.9. The normalized spacial score (nSPS) is 16.7. The number of esters is 1. The largest absolute Gasteiger partial charge is 0.461 e. The fraction of sp³-hybridized carbons (Fsp3) is 0.667. The van der Waals surface area contributed by atoms with Gasteiger partial charge in [-0.15, -0.1) is 0 Å². The topological polar surface area (TPSA) is 78.2 Å². The van der Waals surface area contributed by atoms with Crippen molar-refractivity contribution in [3.8, 4) is 0 Å². The summed E-state index contributed by atoms with van der Waals surface area (Å²) in [5.41, 5.74) is 0.526. The first-order valence-electron chi connectivity index (χ1n) is 6.41. The Balaban J connectivity index is 2.11. The Morgan fingerprint density at radius 2 is 2.00 bits per heavy atom. The highest BCUT2D eigenvalue weighted by molar-refractivity contribution is 5.88. The van der Waals surface area contributed by atoms with Crippen LogP contribution in [0, 0.1) is 0 Å². The summed E-state index contributed by atoms with van der Waals surface area (Å²) in [7, 11) is 0. The number of piperidine rings is 1. The van der Waals surface area contributed by atoms with Crippen LogP contribution in [0.4, 0.5) is 0 Å². The molecule has 0 unspecified atom stereocenters. The van der Waals surface area contributed by atoms with Crippen molar-refractivity contribution in [1.29, 1.82) is 0 Å². The van der Waals surface area contributed by atoms with Crippen molar-refractivity contribution in [2.45, 2.75) is 32.7 Å². The van der Waals surface area contributed by atoms with Gasteiger partial charge in [0, 0.05) is 6.54 Å². The SMILES string of the molecule is CCOC(=O)c1[nH]c(=O)[nH]c1CN1CCCCC1. The maximum Gasteiger partial charge on any atom is 0.356 e. The van der Waals surface area contributed by atoms with Gasteiger partial charge in [-0.3, -0.25) is 9.88 Å². The van der Waals surface area contributed by atoms with Crippen LogP contribution in [0.25, 0.3) is 0 Å². The molecule has 0 amide bonds. The first-order chi connectivity index (χ1) is 8.70. The number of aromatic amines is 2. The standard InChI is InChI=1S/C12H19N3O3/c1-2-18-11(16)10-9(13-12(17)14-10)8-15-6-4-3-5-7-15/h2-8H2,1H3,(H2,13,14,17). The lowest BCUT2D eigenvalue weighted by Gasteiger charge is -2.25. The predicted octanol–water partition coefficient (Wildman–Crippen LogP) is 0.866. The molecule has 18 heavy (non-hydrogen) atoms. The highest BCUT2D eigenvalue weighted by atomic mass is 16.5. The molecule has 2 rings (SSSR count). The van der Waals surface area contributed by atoms with Crippen LogP contribution in [0.15, 0.2) is 4.79 Å². The Bertz CT molecular complexity index is 457. The molecule has 1 aromatic rings. The van der Waals surface area contributed by atoms with E-state index < -0.39 is 5.97 Å². The number of hydrogen-bond acceptors (Lipinski definition) is 4. The molecule has 0 aliphatic carbocycles. The number of carbonyl (C=O) groups excluding carboxylic acids is 1. The zero-order valence-corrected chi connectivity index (χ0v) is 10.6. The average molecular weight is 253 g/mol. The zero-order chi connectivity index (χ0) is 13.0. The highest BCUT2D eigenvalue weighted by Gasteiger charge is 2.19. The van der Waals surface area contributed by atoms with Gasteiger partial charge in [0.1, 0.15) is 5.69 Å². The number of carbonyl (C=O) groups is 1. The lowest BCUT2D eigenvalue weighted by atomic mass is 10.1. The lowest BCUT2D eigenvalue weighted by Crippen LogP contribution is -2.30. The minimum atomic E-state index is -0.470. The molecular weight excluding hydrogens is 234 g/mol. The van der Waals surface area contributed by atoms with E-state index in [0.29, 0.717) is 18.8 Å². The van der Waals surface area contributed by atoms with Gasteiger partial charge in [0.15, 0.2) is 0 Å². The second kappa shape index (κ2) is 5.86. The maximum absolute atomic E-state index is 11.7. The minimum Gasteiger partial charge on any atom is -0.461 e. The van der Waals surface area contributed by atoms with Gasteiger partial charge in [-0.2, -0.15) is 0 Å². The van der Waals surface area contributed by atoms with Crippen LogP contribution in [0.2, 0.25) is 0 Å². The number of nitrogens with zero attached hydrogens (tertiary/aromatic N) is 1. The molecule has 0 aromatic carbocycles. The third-order valence-electron chi connectivity index (χ3n) is 3.11. The Labute approximate surface area is 105 Å². The smallest absolute Gasteiger partial charge is 0.356 e. The Morgan fingerprint density at radius 1 is 1.28 bits per heavy atom. The van der Waals surface area contributed by atoms with E-state index in [4.69, 9.17) is 4.74 Å². The molecule has 1 fully saturated rings. The third kappa shape index (κ3) is 3.01. The van der Waals surface area contributed by atoms with Crippen LogP contribution < -0.4 is 5.69 Å². The number of H-pyrrole nitrogens is 2. The second-order valence-corrected chi connectivity index (χ2v) is 4.49. The molecule has 1 aliphatic heterocycles. The quantitative estimate of drug-likeness (QED) is 0.780. The van der Waals surface area contributed by atoms with Gasteiger partial charge in [-0.05, 0) is 32.9 Å². The summed E-state index contributed by atoms with van der Waals surface area (Å²) in [5.74, 6) is -0.470. The van der Waals surface area contributed by atoms with Gasteiger partial charge >= 0.3 is 11.7 Å². The molecule has 0 spiro atoms. The summed E-state index contributed by atoms with van der Waals surface area (Å²) in [6, 6.07) is 0. The fourth-order valence-electron chi connectivity index (χ4n) is 2.26. The minimum absolute atomic E-state index is 0.257. The van der Waals surface area contributed by atoms with Crippen LogP contribution in [-0.2, 0) is 11.3 Å². The molecule has 0 radical (unpaired) electrons. The molecule has 0 saturated carbocycles. The zero-order valence-electron chi connectivity index (χ0n) is 10.6. The number of ether oxygens (including phenoxy) is 1. The van der Waals surface area contributed by atoms with Gasteiger partial charge in [-0.25, -0.2) is 9.59 Å². The molecule has 0 bridgehead atoms. The lowest BCUT2D eigenvalue weighted by molar-refractivity contribution is 0.0517. The Hall–Kier alpha value is -1.56. The van der Waals surface area contributed by atoms with Gasteiger partial charge in [0.05, 0.1) is 12.3 Å². The molecular formula is C12H19N3O3. The molecule has 6 nitrogen and oxygen atoms in total. The van der Waals surface area contributed by atoms with Gasteiger partial charge in [0.25, 0.3) is 0 Å². The molecule has 2 N–H and O–H groups in total. The van der Waals surface area contributed by atoms with Crippen molar-refractivity contribution in [3.05, 3.63) is 21.9 Å². The highest BCUT2D eigenvalue weighted by Crippen LogP contribution is 2.13. The number of nitrogens with one attached hydrogen (secondary N) is 2. The van der Waals surface area contributed by atoms with Gasteiger partial charge in [0.2, 0.25) is 0 Å². The van der Waals surface area contributed by atoms with Crippen LogP contribution >= 0.6 is 0 Å². The third-order valence-corrected chi connectivity index (χ3v) is 3.11. The van der Waals surface area contributed by atoms with E-state index in [9.17, 15) is 9.59 Å². The number of rotatable bonds is 4. The fourth-order valence-corrected chi connectivity index (χ4v) is 2.26. The molecule has 100 valence electrons. The monoisotopic (exact) mass is 253 g/mol. The summed E-state index contributed by atoms with van der Waals surface area (Å²) in [6.07, 6.45) is 3.59. The van der Waals surface area contributed by atoms with E-state index in [1.165, 1.54) is 19.3 Å². The predicted molar refractivity (Wildman–Crippen MR) is 66.5 cm³/mol. The van der Waals surface area contributed by atoms with Crippen molar-refractivity contribution in [1.82, 2.24) is 14.9 Å². The maximum atomic E-state index is 11.7. The average Bonchev–Trinajstić information content (AvgIpc) is 2.72. The molecule has 2 heterocycles. The van der Waals surface area contributed by atoms with E-state index in [1.807, 2.05) is 0 Å². The van der Waals surface area contributed by atoms with Crippen molar-refractivity contribution in [2.24, 2.45) is 0 Å². The summed E-state index contributed by atoms with van der Waals surface area (Å²) < 4.78 is 4.92. The van der Waals surface area contributed by atoms with Crippen LogP contribution in [0.5, 0.6) is 0 Å². The van der Waals surface area contributed by atoms with Crippen molar-refractivity contribution >= 4 is 5.97 Å². The summed E-state index contributed by atoms with van der Waals surface area (Å²) in [6.45, 7) is 4.65. The van der Waals surface area contributed by atoms with Crippen molar-refractivity contribution in [3.63, 3.8) is 0 Å². The van der Waals surface area contributed by atoms with E-state index in [1.54, 1.807) is 6.92 Å². The van der Waals surface area contributed by atoms with Crippen LogP contribution in [-0.4, -0.2) is 40.5 Å². The second-order valence-electron chi connectivity index (χ2n) is 4.49. The van der Waals surface area contributed by atoms with Gasteiger partial charge < -0.3 is 9.72 Å².